The first-order chi connectivity index (χ1) is 16.7. The van der Waals surface area contributed by atoms with E-state index >= 15 is 0 Å². The first kappa shape index (κ1) is 26.8. The molecule has 4 rings (SSSR count). The summed E-state index contributed by atoms with van der Waals surface area (Å²) >= 11 is 0. The molecule has 5 nitrogen and oxygen atoms in total. The zero-order chi connectivity index (χ0) is 25.2. The second kappa shape index (κ2) is 10.8. The van der Waals surface area contributed by atoms with Gasteiger partial charge in [0.25, 0.3) is 11.8 Å². The Kier molecular flexibility index (Phi) is 8.07. The molecule has 1 aliphatic carbocycles. The van der Waals surface area contributed by atoms with Crippen molar-refractivity contribution in [3.05, 3.63) is 88.5 Å². The quantitative estimate of drug-likeness (QED) is 0.414. The minimum Gasteiger partial charge on any atom is -0.450 e. The number of ether oxygens (including phenoxy) is 1. The Hall–Kier alpha value is -3.81. The van der Waals surface area contributed by atoms with Crippen molar-refractivity contribution in [1.82, 2.24) is 5.32 Å². The van der Waals surface area contributed by atoms with Crippen LogP contribution >= 0.6 is 0 Å². The van der Waals surface area contributed by atoms with E-state index in [4.69, 9.17) is 4.74 Å². The number of hydrogen-bond acceptors (Lipinski definition) is 3. The van der Waals surface area contributed by atoms with Crippen LogP contribution in [0.2, 0.25) is 0 Å². The number of halogens is 3. The average molecular weight is 499 g/mol. The number of nitrogens with one attached hydrogen (secondary N) is 2. The van der Waals surface area contributed by atoms with Crippen LogP contribution in [0.15, 0.2) is 60.7 Å². The van der Waals surface area contributed by atoms with Crippen molar-refractivity contribution in [3.63, 3.8) is 0 Å². The molecule has 0 saturated heterocycles. The number of carbonyl (C=O) groups excluding carboxylic acids is 2. The second-order valence-corrected chi connectivity index (χ2v) is 8.87. The summed E-state index contributed by atoms with van der Waals surface area (Å²) in [6.07, 6.45) is 0.931. The highest BCUT2D eigenvalue weighted by molar-refractivity contribution is 6.09. The summed E-state index contributed by atoms with van der Waals surface area (Å²) < 4.78 is 32.2. The molecule has 8 heteroatoms. The van der Waals surface area contributed by atoms with E-state index in [9.17, 15) is 18.4 Å². The van der Waals surface area contributed by atoms with Gasteiger partial charge in [0.1, 0.15) is 0 Å². The minimum atomic E-state index is -2.93. The Morgan fingerprint density at radius 1 is 1.03 bits per heavy atom. The van der Waals surface area contributed by atoms with Crippen molar-refractivity contribution in [2.24, 2.45) is 0 Å². The smallest absolute Gasteiger partial charge is 0.407 e. The number of benzene rings is 3. The van der Waals surface area contributed by atoms with E-state index in [1.807, 2.05) is 31.2 Å². The van der Waals surface area contributed by atoms with Crippen LogP contribution in [-0.2, 0) is 23.5 Å². The number of aryl methyl sites for hydroxylation is 1. The van der Waals surface area contributed by atoms with Gasteiger partial charge in [-0.1, -0.05) is 42.5 Å². The average Bonchev–Trinajstić information content (AvgIpc) is 3.20. The molecule has 0 unspecified atom stereocenters. The third-order valence-electron chi connectivity index (χ3n) is 6.19. The lowest BCUT2D eigenvalue weighted by molar-refractivity contribution is 0.0175. The Bertz CT molecular complexity index is 1250. The van der Waals surface area contributed by atoms with Crippen LogP contribution in [0.25, 0.3) is 11.1 Å². The number of amides is 2. The molecule has 36 heavy (non-hydrogen) atoms. The fourth-order valence-corrected chi connectivity index (χ4v) is 4.51. The Morgan fingerprint density at radius 2 is 1.72 bits per heavy atom. The van der Waals surface area contributed by atoms with E-state index in [1.54, 1.807) is 31.2 Å². The summed E-state index contributed by atoms with van der Waals surface area (Å²) in [5.41, 5.74) is 5.49. The largest absolute Gasteiger partial charge is 0.450 e. The molecule has 0 saturated carbocycles. The molecular formula is C28H29F3N2O3. The van der Waals surface area contributed by atoms with Crippen LogP contribution in [0.3, 0.4) is 0 Å². The highest BCUT2D eigenvalue weighted by Crippen LogP contribution is 2.33. The van der Waals surface area contributed by atoms with Crippen LogP contribution in [0, 0.1) is 6.92 Å². The van der Waals surface area contributed by atoms with Crippen LogP contribution in [0.5, 0.6) is 0 Å². The van der Waals surface area contributed by atoms with E-state index in [0.29, 0.717) is 41.8 Å². The Balaban J connectivity index is 0.00000361. The molecule has 0 aliphatic heterocycles. The van der Waals surface area contributed by atoms with E-state index < -0.39 is 12.0 Å². The number of hydrogen-bond donors (Lipinski definition) is 2. The summed E-state index contributed by atoms with van der Waals surface area (Å²) in [5.74, 6) is -3.21. The number of carbonyl (C=O) groups is 2. The standard InChI is InChI=1S/C28H28F2N2O3.FH/c1-4-35-27(34)32-23-14-19-10-13-22(15-20(19)16-23)31-26(33)24-7-5-6-17(2)25(24)18-8-11-21(12-9-18)28(3,29)30;/h5-13,15,23H,4,14,16H2,1-3H3,(H,31,33)(H,32,34);1H/t23-;/m0./s1. The molecule has 3 aromatic rings. The molecule has 0 radical (unpaired) electrons. The fourth-order valence-electron chi connectivity index (χ4n) is 4.51. The van der Waals surface area contributed by atoms with Gasteiger partial charge in [-0.2, -0.15) is 0 Å². The topological polar surface area (TPSA) is 67.4 Å². The third kappa shape index (κ3) is 5.87. The molecule has 0 fully saturated rings. The lowest BCUT2D eigenvalue weighted by atomic mass is 9.93. The maximum atomic E-state index is 13.6. The normalized spacial score (nSPS) is 14.4. The van der Waals surface area contributed by atoms with Gasteiger partial charge in [0.15, 0.2) is 0 Å². The van der Waals surface area contributed by atoms with Gasteiger partial charge in [-0.3, -0.25) is 9.50 Å². The van der Waals surface area contributed by atoms with Gasteiger partial charge >= 0.3 is 6.09 Å². The monoisotopic (exact) mass is 498 g/mol. The van der Waals surface area contributed by atoms with E-state index in [1.165, 1.54) is 12.1 Å². The van der Waals surface area contributed by atoms with Crippen LogP contribution in [-0.4, -0.2) is 24.6 Å². The molecule has 0 bridgehead atoms. The van der Waals surface area contributed by atoms with Crippen molar-refractivity contribution in [2.45, 2.75) is 45.6 Å². The first-order valence-electron chi connectivity index (χ1n) is 11.6. The van der Waals surface area contributed by atoms with E-state index in [0.717, 1.165) is 23.6 Å². The SMILES string of the molecule is CCOC(=O)N[C@H]1Cc2ccc(NC(=O)c3cccc(C)c3-c3ccc(C(C)(F)F)cc3)cc2C1.F. The molecule has 2 amide bonds. The Labute approximate surface area is 208 Å². The summed E-state index contributed by atoms with van der Waals surface area (Å²) in [7, 11) is 0. The summed E-state index contributed by atoms with van der Waals surface area (Å²) in [4.78, 5) is 25.0. The zero-order valence-electron chi connectivity index (χ0n) is 20.4. The molecule has 0 aromatic heterocycles. The van der Waals surface area contributed by atoms with Gasteiger partial charge < -0.3 is 15.4 Å². The molecule has 3 aromatic carbocycles. The Morgan fingerprint density at radius 3 is 2.39 bits per heavy atom. The molecule has 1 aliphatic rings. The highest BCUT2D eigenvalue weighted by Gasteiger charge is 2.25. The fraction of sp³-hybridized carbons (Fsp3) is 0.286. The number of rotatable bonds is 6. The maximum Gasteiger partial charge on any atom is 0.407 e. The van der Waals surface area contributed by atoms with E-state index in [2.05, 4.69) is 10.6 Å². The molecule has 0 heterocycles. The van der Waals surface area contributed by atoms with E-state index in [-0.39, 0.29) is 22.2 Å². The third-order valence-corrected chi connectivity index (χ3v) is 6.19. The van der Waals surface area contributed by atoms with Gasteiger partial charge in [-0.05, 0) is 72.7 Å². The van der Waals surface area contributed by atoms with Crippen LogP contribution < -0.4 is 10.6 Å². The number of alkyl carbamates (subject to hydrolysis) is 1. The lowest BCUT2D eigenvalue weighted by Crippen LogP contribution is -2.35. The predicted octanol–water partition coefficient (Wildman–Crippen LogP) is 6.39. The first-order valence-corrected chi connectivity index (χ1v) is 11.6. The molecule has 0 spiro atoms. The van der Waals surface area contributed by atoms with Gasteiger partial charge in [-0.25, -0.2) is 13.6 Å². The van der Waals surface area contributed by atoms with Gasteiger partial charge in [0, 0.05) is 29.8 Å². The number of fused-ring (bicyclic) bond motifs is 1. The minimum absolute atomic E-state index is 0. The van der Waals surface area contributed by atoms with Crippen LogP contribution in [0.4, 0.5) is 24.0 Å². The van der Waals surface area contributed by atoms with Crippen molar-refractivity contribution in [1.29, 1.82) is 0 Å². The molecular weight excluding hydrogens is 469 g/mol. The van der Waals surface area contributed by atoms with Crippen LogP contribution in [0.1, 0.15) is 46.5 Å². The summed E-state index contributed by atoms with van der Waals surface area (Å²) in [6.45, 7) is 4.83. The van der Waals surface area contributed by atoms with Crippen molar-refractivity contribution >= 4 is 17.7 Å². The van der Waals surface area contributed by atoms with Gasteiger partial charge in [0.05, 0.1) is 6.61 Å². The summed E-state index contributed by atoms with van der Waals surface area (Å²) in [5, 5.41) is 5.83. The van der Waals surface area contributed by atoms with Gasteiger partial charge in [0.2, 0.25) is 0 Å². The lowest BCUT2D eigenvalue weighted by Gasteiger charge is -2.15. The summed E-state index contributed by atoms with van der Waals surface area (Å²) in [6, 6.07) is 17.1. The second-order valence-electron chi connectivity index (χ2n) is 8.87. The maximum absolute atomic E-state index is 13.6. The highest BCUT2D eigenvalue weighted by atomic mass is 19.3. The van der Waals surface area contributed by atoms with Crippen molar-refractivity contribution in [2.75, 3.05) is 11.9 Å². The van der Waals surface area contributed by atoms with Crippen molar-refractivity contribution in [3.8, 4) is 11.1 Å². The molecule has 1 atom stereocenters. The molecule has 190 valence electrons. The van der Waals surface area contributed by atoms with Gasteiger partial charge in [-0.15, -0.1) is 0 Å². The zero-order valence-corrected chi connectivity index (χ0v) is 20.4. The molecule has 2 N–H and O–H groups in total. The predicted molar refractivity (Wildman–Crippen MR) is 134 cm³/mol. The van der Waals surface area contributed by atoms with Crippen molar-refractivity contribution < 1.29 is 27.8 Å². The number of alkyl halides is 2. The number of anilines is 1.